The Hall–Kier alpha value is -4.56. The number of nitrogens with zero attached hydrogens (tertiary/aromatic N) is 1. The number of rotatable bonds is 8. The van der Waals surface area contributed by atoms with Crippen molar-refractivity contribution in [1.82, 2.24) is 15.6 Å². The summed E-state index contributed by atoms with van der Waals surface area (Å²) in [5, 5.41) is 8.34. The highest BCUT2D eigenvalue weighted by Crippen LogP contribution is 2.28. The molecule has 1 heterocycles. The first-order valence-corrected chi connectivity index (χ1v) is 11.3. The van der Waals surface area contributed by atoms with E-state index in [1.807, 2.05) is 36.5 Å². The maximum atomic E-state index is 11.9. The van der Waals surface area contributed by atoms with Gasteiger partial charge in [0.05, 0.1) is 31.0 Å². The number of hydrazine groups is 1. The zero-order valence-corrected chi connectivity index (χ0v) is 20.2. The van der Waals surface area contributed by atoms with Crippen molar-refractivity contribution in [2.75, 3.05) is 14.2 Å². The van der Waals surface area contributed by atoms with Crippen LogP contribution in [0.4, 0.5) is 0 Å². The third-order valence-corrected chi connectivity index (χ3v) is 5.87. The summed E-state index contributed by atoms with van der Waals surface area (Å²) < 4.78 is 9.62. The van der Waals surface area contributed by atoms with Gasteiger partial charge in [0, 0.05) is 24.0 Å². The molecule has 1 unspecified atom stereocenters. The van der Waals surface area contributed by atoms with E-state index in [0.717, 1.165) is 28.0 Å². The van der Waals surface area contributed by atoms with Crippen LogP contribution in [0.5, 0.6) is 0 Å². The summed E-state index contributed by atoms with van der Waals surface area (Å²) in [6.45, 7) is 4.64. The Morgan fingerprint density at radius 3 is 2.31 bits per heavy atom. The standard InChI is InChI=1S/C28H28N4O4/c1-18(20-8-5-11-23(14-20)27(33)35-2)30-16-19-7-4-10-22(13-19)26-31-25(17-32(26)29)21-9-6-12-24(15-21)28(34)36-3/h4-15,17,26,30-31H,1,16,29H2,2-3H3. The number of hydrogen-bond donors (Lipinski definition) is 3. The molecule has 1 aliphatic heterocycles. The number of benzene rings is 3. The summed E-state index contributed by atoms with van der Waals surface area (Å²) in [6, 6.07) is 22.3. The predicted molar refractivity (Wildman–Crippen MR) is 138 cm³/mol. The lowest BCUT2D eigenvalue weighted by atomic mass is 10.1. The second kappa shape index (κ2) is 10.8. The van der Waals surface area contributed by atoms with Crippen LogP contribution >= 0.6 is 0 Å². The molecule has 8 nitrogen and oxygen atoms in total. The minimum Gasteiger partial charge on any atom is -0.465 e. The number of methoxy groups -OCH3 is 2. The van der Waals surface area contributed by atoms with E-state index in [9.17, 15) is 9.59 Å². The Labute approximate surface area is 210 Å². The second-order valence-corrected chi connectivity index (χ2v) is 8.26. The van der Waals surface area contributed by atoms with Gasteiger partial charge in [-0.15, -0.1) is 0 Å². The molecule has 3 aromatic carbocycles. The van der Waals surface area contributed by atoms with Gasteiger partial charge in [-0.1, -0.05) is 55.1 Å². The molecular formula is C28H28N4O4. The molecule has 0 aliphatic carbocycles. The molecule has 0 bridgehead atoms. The van der Waals surface area contributed by atoms with Gasteiger partial charge in [0.1, 0.15) is 6.17 Å². The van der Waals surface area contributed by atoms with Crippen molar-refractivity contribution >= 4 is 23.3 Å². The number of nitrogens with one attached hydrogen (secondary N) is 2. The largest absolute Gasteiger partial charge is 0.465 e. The maximum Gasteiger partial charge on any atom is 0.337 e. The number of hydrogen-bond acceptors (Lipinski definition) is 8. The first-order valence-electron chi connectivity index (χ1n) is 11.3. The van der Waals surface area contributed by atoms with Gasteiger partial charge in [0.25, 0.3) is 0 Å². The van der Waals surface area contributed by atoms with Crippen molar-refractivity contribution in [1.29, 1.82) is 0 Å². The van der Waals surface area contributed by atoms with E-state index >= 15 is 0 Å². The summed E-state index contributed by atoms with van der Waals surface area (Å²) in [6.07, 6.45) is 1.53. The first kappa shape index (κ1) is 24.6. The number of carbonyl (C=O) groups excluding carboxylic acids is 2. The van der Waals surface area contributed by atoms with Crippen molar-refractivity contribution in [3.05, 3.63) is 119 Å². The van der Waals surface area contributed by atoms with Gasteiger partial charge in [-0.2, -0.15) is 0 Å². The molecule has 4 N–H and O–H groups in total. The van der Waals surface area contributed by atoms with Crippen LogP contribution in [0.15, 0.2) is 85.6 Å². The molecule has 8 heteroatoms. The minimum atomic E-state index is -0.393. The highest BCUT2D eigenvalue weighted by molar-refractivity contribution is 5.91. The normalized spacial score (nSPS) is 14.5. The lowest BCUT2D eigenvalue weighted by Crippen LogP contribution is -2.32. The zero-order chi connectivity index (χ0) is 25.7. The van der Waals surface area contributed by atoms with E-state index in [2.05, 4.69) is 23.3 Å². The average molecular weight is 485 g/mol. The fourth-order valence-corrected chi connectivity index (χ4v) is 3.96. The molecule has 0 fully saturated rings. The van der Waals surface area contributed by atoms with Crippen molar-refractivity contribution in [3.63, 3.8) is 0 Å². The van der Waals surface area contributed by atoms with Gasteiger partial charge >= 0.3 is 11.9 Å². The van der Waals surface area contributed by atoms with Crippen molar-refractivity contribution < 1.29 is 19.1 Å². The van der Waals surface area contributed by atoms with E-state index in [-0.39, 0.29) is 6.17 Å². The van der Waals surface area contributed by atoms with Crippen LogP contribution in [0.3, 0.4) is 0 Å². The molecule has 0 aromatic heterocycles. The van der Waals surface area contributed by atoms with Gasteiger partial charge in [0.2, 0.25) is 0 Å². The van der Waals surface area contributed by atoms with Gasteiger partial charge in [-0.3, -0.25) is 5.01 Å². The summed E-state index contributed by atoms with van der Waals surface area (Å²) in [5.74, 6) is 5.51. The van der Waals surface area contributed by atoms with Crippen molar-refractivity contribution in [3.8, 4) is 0 Å². The molecule has 0 amide bonds. The average Bonchev–Trinajstić information content (AvgIpc) is 3.32. The van der Waals surface area contributed by atoms with Crippen molar-refractivity contribution in [2.24, 2.45) is 5.84 Å². The number of ether oxygens (including phenoxy) is 2. The van der Waals surface area contributed by atoms with Crippen LogP contribution in [0, 0.1) is 0 Å². The first-order chi connectivity index (χ1) is 17.4. The SMILES string of the molecule is C=C(NCc1cccc(C2NC(c3cccc(C(=O)OC)c3)=CN2N)c1)c1cccc(C(=O)OC)c1. The maximum absolute atomic E-state index is 11.9. The van der Waals surface area contributed by atoms with Crippen LogP contribution in [-0.4, -0.2) is 31.2 Å². The van der Waals surface area contributed by atoms with E-state index < -0.39 is 11.9 Å². The monoisotopic (exact) mass is 484 g/mol. The Morgan fingerprint density at radius 1 is 0.944 bits per heavy atom. The molecular weight excluding hydrogens is 456 g/mol. The highest BCUT2D eigenvalue weighted by Gasteiger charge is 2.24. The van der Waals surface area contributed by atoms with Crippen LogP contribution < -0.4 is 16.5 Å². The minimum absolute atomic E-state index is 0.276. The lowest BCUT2D eigenvalue weighted by molar-refractivity contribution is 0.0592. The third kappa shape index (κ3) is 5.39. The molecule has 3 aromatic rings. The van der Waals surface area contributed by atoms with Crippen LogP contribution in [0.25, 0.3) is 11.4 Å². The number of esters is 2. The van der Waals surface area contributed by atoms with Crippen LogP contribution in [0.1, 0.15) is 49.1 Å². The Morgan fingerprint density at radius 2 is 1.58 bits per heavy atom. The summed E-state index contributed by atoms with van der Waals surface area (Å²) in [7, 11) is 2.71. The topological polar surface area (TPSA) is 106 Å². The predicted octanol–water partition coefficient (Wildman–Crippen LogP) is 3.80. The summed E-state index contributed by atoms with van der Waals surface area (Å²) in [5.41, 5.74) is 6.09. The number of nitrogens with two attached hydrogens (primary N) is 1. The molecule has 1 atom stereocenters. The van der Waals surface area contributed by atoms with E-state index in [1.165, 1.54) is 14.2 Å². The molecule has 0 saturated carbocycles. The molecule has 1 aliphatic rings. The van der Waals surface area contributed by atoms with Crippen molar-refractivity contribution in [2.45, 2.75) is 12.7 Å². The van der Waals surface area contributed by atoms with Crippen LogP contribution in [0.2, 0.25) is 0 Å². The van der Waals surface area contributed by atoms with Gasteiger partial charge in [0.15, 0.2) is 0 Å². The van der Waals surface area contributed by atoms with Gasteiger partial charge in [-0.25, -0.2) is 15.4 Å². The van der Waals surface area contributed by atoms with E-state index in [1.54, 1.807) is 41.4 Å². The van der Waals surface area contributed by atoms with Crippen LogP contribution in [-0.2, 0) is 16.0 Å². The second-order valence-electron chi connectivity index (χ2n) is 8.26. The summed E-state index contributed by atoms with van der Waals surface area (Å²) in [4.78, 5) is 23.7. The van der Waals surface area contributed by atoms with Gasteiger partial charge in [-0.05, 0) is 41.0 Å². The summed E-state index contributed by atoms with van der Waals surface area (Å²) >= 11 is 0. The molecule has 184 valence electrons. The highest BCUT2D eigenvalue weighted by atomic mass is 16.5. The smallest absolute Gasteiger partial charge is 0.337 e. The van der Waals surface area contributed by atoms with E-state index in [4.69, 9.17) is 15.3 Å². The fourth-order valence-electron chi connectivity index (χ4n) is 3.96. The quantitative estimate of drug-likeness (QED) is 0.328. The molecule has 4 rings (SSSR count). The zero-order valence-electron chi connectivity index (χ0n) is 20.2. The molecule has 0 saturated heterocycles. The fraction of sp³-hybridized carbons (Fsp3) is 0.143. The lowest BCUT2D eigenvalue weighted by Gasteiger charge is -2.22. The molecule has 0 spiro atoms. The third-order valence-electron chi connectivity index (χ3n) is 5.87. The Kier molecular flexibility index (Phi) is 7.36. The molecule has 36 heavy (non-hydrogen) atoms. The number of carbonyl (C=O) groups is 2. The Bertz CT molecular complexity index is 1330. The van der Waals surface area contributed by atoms with Gasteiger partial charge < -0.3 is 20.1 Å². The molecule has 0 radical (unpaired) electrons. The Balaban J connectivity index is 1.43. The van der Waals surface area contributed by atoms with E-state index in [0.29, 0.717) is 23.4 Å².